The van der Waals surface area contributed by atoms with Crippen LogP contribution in [0.5, 0.6) is 0 Å². The Balaban J connectivity index is 1.65. The molecule has 4 fully saturated rings. The Kier molecular flexibility index (Phi) is 3.87. The van der Waals surface area contributed by atoms with E-state index in [1.165, 1.54) is 0 Å². The zero-order valence-electron chi connectivity index (χ0n) is 12.2. The number of alkyl halides is 2. The third kappa shape index (κ3) is 2.71. The fraction of sp³-hybridized carbons (Fsp3) is 0.867. The molecule has 22 heavy (non-hydrogen) atoms. The van der Waals surface area contributed by atoms with Gasteiger partial charge in [-0.15, -0.1) is 0 Å². The summed E-state index contributed by atoms with van der Waals surface area (Å²) >= 11 is 0. The monoisotopic (exact) mass is 318 g/mol. The first-order chi connectivity index (χ1) is 10.3. The summed E-state index contributed by atoms with van der Waals surface area (Å²) in [5.74, 6) is -1.40. The summed E-state index contributed by atoms with van der Waals surface area (Å²) in [6.07, 6.45) is 0.693. The van der Waals surface area contributed by atoms with E-state index >= 15 is 0 Å². The lowest BCUT2D eigenvalue weighted by molar-refractivity contribution is -0.323. The predicted octanol–water partition coefficient (Wildman–Crippen LogP) is 1.87. The second kappa shape index (κ2) is 5.44. The molecule has 7 heteroatoms. The molecule has 0 radical (unpaired) electrons. The Morgan fingerprint density at radius 2 is 1.55 bits per heavy atom. The molecule has 0 spiro atoms. The molecule has 0 aromatic carbocycles. The molecule has 124 valence electrons. The Morgan fingerprint density at radius 1 is 1.05 bits per heavy atom. The molecule has 4 bridgehead atoms. The van der Waals surface area contributed by atoms with Crippen molar-refractivity contribution in [2.75, 3.05) is 13.2 Å². The van der Waals surface area contributed by atoms with Gasteiger partial charge < -0.3 is 14.6 Å². The van der Waals surface area contributed by atoms with E-state index in [9.17, 15) is 18.4 Å². The molecule has 0 atom stereocenters. The normalized spacial score (nSPS) is 36.2. The lowest BCUT2D eigenvalue weighted by Gasteiger charge is -2.57. The smallest absolute Gasteiger partial charge is 0.405 e. The van der Waals surface area contributed by atoms with Crippen molar-refractivity contribution in [3.8, 4) is 0 Å². The molecule has 4 rings (SSSR count). The van der Waals surface area contributed by atoms with Crippen LogP contribution in [-0.2, 0) is 19.1 Å². The van der Waals surface area contributed by atoms with Crippen LogP contribution in [0.25, 0.3) is 0 Å². The van der Waals surface area contributed by atoms with Crippen LogP contribution in [0.3, 0.4) is 0 Å². The molecule has 4 aliphatic rings. The number of carbonyl (C=O) groups excluding carboxylic acids is 2. The highest BCUT2D eigenvalue weighted by molar-refractivity contribution is 5.77. The van der Waals surface area contributed by atoms with Crippen LogP contribution in [0.4, 0.5) is 8.78 Å². The highest BCUT2D eigenvalue weighted by Crippen LogP contribution is 2.65. The minimum Gasteiger partial charge on any atom is -0.452 e. The molecular weight excluding hydrogens is 298 g/mol. The zero-order chi connectivity index (χ0) is 16.0. The number of aliphatic hydroxyl groups is 1. The van der Waals surface area contributed by atoms with Crippen molar-refractivity contribution < 1.29 is 33.0 Å². The highest BCUT2D eigenvalue weighted by atomic mass is 19.3. The fourth-order valence-corrected chi connectivity index (χ4v) is 4.93. The Bertz CT molecular complexity index is 441. The van der Waals surface area contributed by atoms with E-state index in [-0.39, 0.29) is 0 Å². The average Bonchev–Trinajstić information content (AvgIpc) is 2.42. The van der Waals surface area contributed by atoms with Crippen molar-refractivity contribution in [2.45, 2.75) is 44.6 Å². The molecule has 5 nitrogen and oxygen atoms in total. The van der Waals surface area contributed by atoms with Crippen molar-refractivity contribution in [1.29, 1.82) is 0 Å². The number of ether oxygens (including phenoxy) is 2. The molecule has 4 saturated carbocycles. The van der Waals surface area contributed by atoms with Gasteiger partial charge in [0.15, 0.2) is 6.61 Å². The molecular formula is C15H20F2O5. The molecule has 0 heterocycles. The van der Waals surface area contributed by atoms with Gasteiger partial charge in [-0.25, -0.2) is 9.59 Å². The van der Waals surface area contributed by atoms with Gasteiger partial charge >= 0.3 is 18.0 Å². The first-order valence-electron chi connectivity index (χ1n) is 7.70. The van der Waals surface area contributed by atoms with Crippen LogP contribution in [0.2, 0.25) is 0 Å². The van der Waals surface area contributed by atoms with Crippen molar-refractivity contribution in [2.24, 2.45) is 23.2 Å². The maximum atomic E-state index is 14.6. The number of carbonyl (C=O) groups is 2. The van der Waals surface area contributed by atoms with Gasteiger partial charge in [0.2, 0.25) is 0 Å². The van der Waals surface area contributed by atoms with Gasteiger partial charge in [0.05, 0.1) is 5.41 Å². The quantitative estimate of drug-likeness (QED) is 0.784. The Labute approximate surface area is 127 Å². The molecule has 0 amide bonds. The van der Waals surface area contributed by atoms with E-state index in [4.69, 9.17) is 5.11 Å². The summed E-state index contributed by atoms with van der Waals surface area (Å²) < 4.78 is 37.9. The van der Waals surface area contributed by atoms with Crippen LogP contribution >= 0.6 is 0 Å². The summed E-state index contributed by atoms with van der Waals surface area (Å²) in [7, 11) is 0. The minimum absolute atomic E-state index is 0.308. The summed E-state index contributed by atoms with van der Waals surface area (Å²) in [5, 5.41) is 8.46. The van der Waals surface area contributed by atoms with E-state index in [0.717, 1.165) is 19.3 Å². The van der Waals surface area contributed by atoms with E-state index in [2.05, 4.69) is 9.47 Å². The van der Waals surface area contributed by atoms with Gasteiger partial charge in [0.25, 0.3) is 0 Å². The largest absolute Gasteiger partial charge is 0.452 e. The number of halogens is 2. The van der Waals surface area contributed by atoms with Gasteiger partial charge in [0.1, 0.15) is 6.61 Å². The molecule has 0 aliphatic heterocycles. The predicted molar refractivity (Wildman–Crippen MR) is 69.7 cm³/mol. The topological polar surface area (TPSA) is 72.8 Å². The summed E-state index contributed by atoms with van der Waals surface area (Å²) in [6.45, 7) is -1.81. The van der Waals surface area contributed by atoms with E-state index in [1.54, 1.807) is 0 Å². The Hall–Kier alpha value is -1.24. The summed E-state index contributed by atoms with van der Waals surface area (Å²) in [6, 6.07) is 0. The number of aliphatic hydroxyl groups excluding tert-OH is 1. The molecule has 4 aliphatic carbocycles. The van der Waals surface area contributed by atoms with E-state index in [1.807, 2.05) is 0 Å². The van der Waals surface area contributed by atoms with Crippen molar-refractivity contribution >= 4 is 11.9 Å². The zero-order valence-corrected chi connectivity index (χ0v) is 12.2. The van der Waals surface area contributed by atoms with Gasteiger partial charge in [-0.2, -0.15) is 8.78 Å². The third-order valence-corrected chi connectivity index (χ3v) is 5.38. The van der Waals surface area contributed by atoms with E-state index < -0.39 is 36.7 Å². The number of rotatable bonds is 5. The number of hydrogen-bond donors (Lipinski definition) is 1. The van der Waals surface area contributed by atoms with Crippen LogP contribution < -0.4 is 0 Å². The Morgan fingerprint density at radius 3 is 2.00 bits per heavy atom. The average molecular weight is 318 g/mol. The van der Waals surface area contributed by atoms with Gasteiger partial charge in [0, 0.05) is 0 Å². The molecule has 1 N–H and O–H groups in total. The maximum Gasteiger partial charge on any atom is 0.405 e. The molecule has 0 unspecified atom stereocenters. The lowest BCUT2D eigenvalue weighted by Crippen LogP contribution is -2.56. The standard InChI is InChI=1S/C15H20F2O5/c16-15(17,22-13(20)8-21-12(19)7-18)14-4-9-1-10(5-14)3-11(2-9)6-14/h9-11,18H,1-8H2. The lowest BCUT2D eigenvalue weighted by atomic mass is 9.49. The summed E-state index contributed by atoms with van der Waals surface area (Å²) in [4.78, 5) is 22.2. The summed E-state index contributed by atoms with van der Waals surface area (Å²) in [5.41, 5.74) is -1.25. The van der Waals surface area contributed by atoms with Crippen LogP contribution in [0, 0.1) is 23.2 Å². The van der Waals surface area contributed by atoms with Crippen molar-refractivity contribution in [1.82, 2.24) is 0 Å². The fourth-order valence-electron chi connectivity index (χ4n) is 4.93. The molecule has 0 aromatic rings. The van der Waals surface area contributed by atoms with Gasteiger partial charge in [-0.05, 0) is 56.3 Å². The van der Waals surface area contributed by atoms with Gasteiger partial charge in [-0.3, -0.25) is 0 Å². The second-order valence-corrected chi connectivity index (χ2v) is 7.01. The highest BCUT2D eigenvalue weighted by Gasteiger charge is 2.64. The van der Waals surface area contributed by atoms with Crippen molar-refractivity contribution in [3.63, 3.8) is 0 Å². The van der Waals surface area contributed by atoms with Gasteiger partial charge in [-0.1, -0.05) is 0 Å². The first kappa shape index (κ1) is 15.6. The van der Waals surface area contributed by atoms with Crippen LogP contribution in [0.15, 0.2) is 0 Å². The molecule has 0 aromatic heterocycles. The van der Waals surface area contributed by atoms with Crippen molar-refractivity contribution in [3.05, 3.63) is 0 Å². The second-order valence-electron chi connectivity index (χ2n) is 7.01. The van der Waals surface area contributed by atoms with Crippen LogP contribution in [0.1, 0.15) is 38.5 Å². The SMILES string of the molecule is O=C(CO)OCC(=O)OC(F)(F)C12CC3CC(CC(C3)C1)C2. The van der Waals surface area contributed by atoms with Crippen LogP contribution in [-0.4, -0.2) is 36.4 Å². The minimum atomic E-state index is -3.54. The maximum absolute atomic E-state index is 14.6. The van der Waals surface area contributed by atoms with E-state index in [0.29, 0.717) is 37.0 Å². The number of esters is 2. The molecule has 0 saturated heterocycles. The first-order valence-corrected chi connectivity index (χ1v) is 7.70. The number of hydrogen-bond acceptors (Lipinski definition) is 5. The third-order valence-electron chi connectivity index (χ3n) is 5.38.